The van der Waals surface area contributed by atoms with Gasteiger partial charge in [0.15, 0.2) is 0 Å². The second-order valence-electron chi connectivity index (χ2n) is 9.88. The molecule has 4 fully saturated rings. The molecule has 3 aliphatic heterocycles. The fourth-order valence-electron chi connectivity index (χ4n) is 5.49. The minimum Gasteiger partial charge on any atom is -0.444 e. The molecule has 2 N–H and O–H groups in total. The number of nitrogens with one attached hydrogen (secondary N) is 1. The van der Waals surface area contributed by atoms with Gasteiger partial charge in [0.2, 0.25) is 11.8 Å². The molecular formula is C24H32N4O6. The number of hydrogen-bond acceptors (Lipinski definition) is 7. The maximum atomic E-state index is 13.8. The first-order valence-corrected chi connectivity index (χ1v) is 12.1. The lowest BCUT2D eigenvalue weighted by molar-refractivity contribution is -0.150. The zero-order valence-corrected chi connectivity index (χ0v) is 19.2. The zero-order valence-electron chi connectivity index (χ0n) is 19.2. The van der Waals surface area contributed by atoms with Crippen molar-refractivity contribution in [1.82, 2.24) is 15.3 Å². The van der Waals surface area contributed by atoms with Gasteiger partial charge in [0.05, 0.1) is 19.1 Å². The van der Waals surface area contributed by atoms with Gasteiger partial charge in [0.1, 0.15) is 12.1 Å². The average molecular weight is 473 g/mol. The summed E-state index contributed by atoms with van der Waals surface area (Å²) in [5, 5.41) is 9.42. The van der Waals surface area contributed by atoms with E-state index in [-0.39, 0.29) is 17.4 Å². The van der Waals surface area contributed by atoms with Crippen molar-refractivity contribution in [2.45, 2.75) is 37.8 Å². The topological polar surface area (TPSA) is 112 Å². The predicted molar refractivity (Wildman–Crippen MR) is 121 cm³/mol. The third kappa shape index (κ3) is 4.56. The second kappa shape index (κ2) is 9.42. The summed E-state index contributed by atoms with van der Waals surface area (Å²) in [6.07, 6.45) is 1.92. The van der Waals surface area contributed by atoms with Gasteiger partial charge in [-0.25, -0.2) is 10.3 Å². The molecular weight excluding hydrogens is 440 g/mol. The fraction of sp³-hybridized carbons (Fsp3) is 0.625. The molecule has 1 aromatic rings. The molecule has 4 aliphatic rings. The first kappa shape index (κ1) is 22.9. The molecule has 3 atom stereocenters. The maximum Gasteiger partial charge on any atom is 0.410 e. The first-order valence-electron chi connectivity index (χ1n) is 12.1. The van der Waals surface area contributed by atoms with E-state index in [2.05, 4.69) is 4.90 Å². The standard InChI is InChI=1S/C24H32N4O6/c29-21(25-32)19-14-24(7-8-24)16-28(23(31)34-18-6-13-33-15-18)20(19)22(30)27-11-9-26(10-12-27)17-4-2-1-3-5-17/h1-5,18-20,32H,6-16H2,(H,25,29)/t18?,19-,20-/m0/s1. The Bertz CT molecular complexity index is 909. The summed E-state index contributed by atoms with van der Waals surface area (Å²) in [6.45, 7) is 3.55. The Balaban J connectivity index is 1.34. The molecule has 34 heavy (non-hydrogen) atoms. The number of piperazine rings is 1. The van der Waals surface area contributed by atoms with Crippen LogP contribution in [0.15, 0.2) is 30.3 Å². The first-order chi connectivity index (χ1) is 16.5. The molecule has 1 saturated carbocycles. The van der Waals surface area contributed by atoms with Crippen LogP contribution >= 0.6 is 0 Å². The Morgan fingerprint density at radius 1 is 1.09 bits per heavy atom. The molecule has 0 bridgehead atoms. The van der Waals surface area contributed by atoms with Crippen LogP contribution in [0.4, 0.5) is 10.5 Å². The monoisotopic (exact) mass is 472 g/mol. The van der Waals surface area contributed by atoms with Crippen molar-refractivity contribution in [3.63, 3.8) is 0 Å². The van der Waals surface area contributed by atoms with Crippen LogP contribution < -0.4 is 10.4 Å². The normalized spacial score (nSPS) is 28.0. The van der Waals surface area contributed by atoms with E-state index < -0.39 is 24.0 Å². The number of ether oxygens (including phenoxy) is 2. The lowest BCUT2D eigenvalue weighted by Crippen LogP contribution is -2.63. The molecule has 184 valence electrons. The summed E-state index contributed by atoms with van der Waals surface area (Å²) in [6, 6.07) is 9.02. The summed E-state index contributed by atoms with van der Waals surface area (Å²) in [5.74, 6) is -1.72. The SMILES string of the molecule is O=C(NO)[C@H]1CC2(CC2)CN(C(=O)OC2CCOC2)[C@@H]1C(=O)N1CCN(c2ccccc2)CC1. The number of nitrogens with zero attached hydrogens (tertiary/aromatic N) is 3. The molecule has 5 rings (SSSR count). The highest BCUT2D eigenvalue weighted by atomic mass is 16.6. The summed E-state index contributed by atoms with van der Waals surface area (Å²) in [7, 11) is 0. The Morgan fingerprint density at radius 3 is 2.44 bits per heavy atom. The number of rotatable bonds is 4. The van der Waals surface area contributed by atoms with Crippen molar-refractivity contribution < 1.29 is 29.1 Å². The number of likely N-dealkylation sites (tertiary alicyclic amines) is 1. The van der Waals surface area contributed by atoms with E-state index >= 15 is 0 Å². The number of hydrogen-bond donors (Lipinski definition) is 2. The predicted octanol–water partition coefficient (Wildman–Crippen LogP) is 1.24. The van der Waals surface area contributed by atoms with E-state index in [9.17, 15) is 19.6 Å². The molecule has 0 radical (unpaired) electrons. The average Bonchev–Trinajstić information content (AvgIpc) is 3.41. The van der Waals surface area contributed by atoms with Crippen molar-refractivity contribution in [3.05, 3.63) is 30.3 Å². The molecule has 3 amide bonds. The Morgan fingerprint density at radius 2 is 1.82 bits per heavy atom. The summed E-state index contributed by atoms with van der Waals surface area (Å²) in [4.78, 5) is 45.1. The maximum absolute atomic E-state index is 13.8. The summed E-state index contributed by atoms with van der Waals surface area (Å²) < 4.78 is 11.0. The molecule has 1 aromatic carbocycles. The highest BCUT2D eigenvalue weighted by molar-refractivity contribution is 5.93. The van der Waals surface area contributed by atoms with Gasteiger partial charge in [-0.2, -0.15) is 0 Å². The number of amides is 3. The molecule has 3 heterocycles. The molecule has 0 aromatic heterocycles. The van der Waals surface area contributed by atoms with Crippen LogP contribution in [0.25, 0.3) is 0 Å². The van der Waals surface area contributed by atoms with Crippen molar-refractivity contribution in [3.8, 4) is 0 Å². The minimum absolute atomic E-state index is 0.189. The van der Waals surface area contributed by atoms with E-state index in [1.165, 1.54) is 4.90 Å². The van der Waals surface area contributed by atoms with Crippen LogP contribution in [0.2, 0.25) is 0 Å². The highest BCUT2D eigenvalue weighted by Gasteiger charge is 2.58. The van der Waals surface area contributed by atoms with Gasteiger partial charge >= 0.3 is 6.09 Å². The van der Waals surface area contributed by atoms with Gasteiger partial charge in [0, 0.05) is 44.8 Å². The number of carbonyl (C=O) groups excluding carboxylic acids is 3. The van der Waals surface area contributed by atoms with Crippen LogP contribution in [0, 0.1) is 11.3 Å². The molecule has 1 unspecified atom stereocenters. The second-order valence-corrected chi connectivity index (χ2v) is 9.88. The van der Waals surface area contributed by atoms with Crippen molar-refractivity contribution >= 4 is 23.6 Å². The van der Waals surface area contributed by atoms with Gasteiger partial charge in [-0.1, -0.05) is 18.2 Å². The van der Waals surface area contributed by atoms with E-state index in [0.717, 1.165) is 18.5 Å². The van der Waals surface area contributed by atoms with E-state index in [1.54, 1.807) is 10.4 Å². The van der Waals surface area contributed by atoms with E-state index in [4.69, 9.17) is 9.47 Å². The fourth-order valence-corrected chi connectivity index (χ4v) is 5.49. The largest absolute Gasteiger partial charge is 0.444 e. The van der Waals surface area contributed by atoms with Crippen LogP contribution in [-0.4, -0.2) is 91.0 Å². The van der Waals surface area contributed by atoms with E-state index in [1.807, 2.05) is 30.3 Å². The number of benzene rings is 1. The van der Waals surface area contributed by atoms with Gasteiger partial charge < -0.3 is 19.3 Å². The van der Waals surface area contributed by atoms with Gasteiger partial charge in [-0.05, 0) is 36.8 Å². The van der Waals surface area contributed by atoms with Crippen molar-refractivity contribution in [2.75, 3.05) is 50.8 Å². The number of piperidine rings is 1. The Kier molecular flexibility index (Phi) is 6.35. The number of hydroxylamine groups is 1. The van der Waals surface area contributed by atoms with Gasteiger partial charge in [0.25, 0.3) is 0 Å². The number of carbonyl (C=O) groups is 3. The molecule has 10 nitrogen and oxygen atoms in total. The quantitative estimate of drug-likeness (QED) is 0.501. The van der Waals surface area contributed by atoms with Crippen LogP contribution in [-0.2, 0) is 19.1 Å². The lowest BCUT2D eigenvalue weighted by atomic mass is 9.80. The molecule has 1 aliphatic carbocycles. The van der Waals surface area contributed by atoms with E-state index in [0.29, 0.717) is 58.8 Å². The van der Waals surface area contributed by atoms with Crippen molar-refractivity contribution in [1.29, 1.82) is 0 Å². The van der Waals surface area contributed by atoms with Crippen LogP contribution in [0.1, 0.15) is 25.7 Å². The number of anilines is 1. The Labute approximate surface area is 198 Å². The summed E-state index contributed by atoms with van der Waals surface area (Å²) in [5.41, 5.74) is 2.64. The highest BCUT2D eigenvalue weighted by Crippen LogP contribution is 2.55. The molecule has 10 heteroatoms. The van der Waals surface area contributed by atoms with Crippen LogP contribution in [0.5, 0.6) is 0 Å². The molecule has 3 saturated heterocycles. The molecule has 1 spiro atoms. The van der Waals surface area contributed by atoms with Gasteiger partial charge in [-0.3, -0.25) is 19.7 Å². The third-order valence-corrected chi connectivity index (χ3v) is 7.64. The Hall–Kier alpha value is -2.85. The van der Waals surface area contributed by atoms with Gasteiger partial charge in [-0.15, -0.1) is 0 Å². The summed E-state index contributed by atoms with van der Waals surface area (Å²) >= 11 is 0. The third-order valence-electron chi connectivity index (χ3n) is 7.64. The lowest BCUT2D eigenvalue weighted by Gasteiger charge is -2.45. The van der Waals surface area contributed by atoms with Crippen molar-refractivity contribution in [2.24, 2.45) is 11.3 Å². The minimum atomic E-state index is -1.00. The smallest absolute Gasteiger partial charge is 0.410 e. The number of para-hydroxylation sites is 1. The zero-order chi connectivity index (χ0) is 23.7. The van der Waals surface area contributed by atoms with Crippen LogP contribution in [0.3, 0.4) is 0 Å².